The predicted molar refractivity (Wildman–Crippen MR) is 320 cm³/mol. The quantitative estimate of drug-likeness (QED) is 0.160. The number of hydrogen-bond donors (Lipinski definition) is 0. The van der Waals surface area contributed by atoms with Crippen molar-refractivity contribution in [2.75, 3.05) is 9.80 Å². The molecule has 0 saturated heterocycles. The molecule has 2 fully saturated rings. The van der Waals surface area contributed by atoms with Crippen LogP contribution in [0.3, 0.4) is 0 Å². The molecule has 2 aliphatic heterocycles. The Labute approximate surface area is 446 Å². The molecule has 4 unspecified atom stereocenters. The third-order valence-electron chi connectivity index (χ3n) is 21.3. The van der Waals surface area contributed by atoms with Crippen molar-refractivity contribution >= 4 is 68.4 Å². The van der Waals surface area contributed by atoms with E-state index in [2.05, 4.69) is 263 Å². The molecular formula is C70H85BN2O. The lowest BCUT2D eigenvalue weighted by Gasteiger charge is -2.45. The van der Waals surface area contributed by atoms with Crippen LogP contribution in [0.5, 0.6) is 0 Å². The average molecular weight is 981 g/mol. The van der Waals surface area contributed by atoms with E-state index in [-0.39, 0.29) is 44.6 Å². The van der Waals surface area contributed by atoms with Gasteiger partial charge in [-0.05, 0) is 173 Å². The highest BCUT2D eigenvalue weighted by molar-refractivity contribution is 7.00. The van der Waals surface area contributed by atoms with Crippen molar-refractivity contribution in [2.24, 2.45) is 33.5 Å². The monoisotopic (exact) mass is 981 g/mol. The number of anilines is 6. The van der Waals surface area contributed by atoms with Gasteiger partial charge >= 0.3 is 0 Å². The normalized spacial score (nSPS) is 22.5. The van der Waals surface area contributed by atoms with Gasteiger partial charge in [0, 0.05) is 33.7 Å². The van der Waals surface area contributed by atoms with E-state index in [1.807, 2.05) is 0 Å². The van der Waals surface area contributed by atoms with E-state index in [1.54, 1.807) is 0 Å². The summed E-state index contributed by atoms with van der Waals surface area (Å²) in [7, 11) is 0. The Morgan fingerprint density at radius 1 is 0.486 bits per heavy atom. The average Bonchev–Trinajstić information content (AvgIpc) is 3.85. The molecule has 0 N–H and O–H groups in total. The zero-order chi connectivity index (χ0) is 53.2. The standard InChI is InChI=1S/C70H85BN2O/c1-42-36-53(69(16,17)67(42,12)13)45-26-32-50(33-27-45)72-57-34-28-46(54-37-43(2)68(14,15)70(54,18)19)38-55(57)71-61-58(72)40-49(66(9,10)11)41-59(61)73(62-51-22-20-21-23-60(51)74-63(62)71)56-35-31-48(65(6,7)8)39-52(56)44-24-29-47(30-25-44)64(3,4)5/h20-35,38-43,53-54H,36-37H2,1-19H3. The van der Waals surface area contributed by atoms with E-state index < -0.39 is 0 Å². The van der Waals surface area contributed by atoms with Gasteiger partial charge in [0.2, 0.25) is 0 Å². The smallest absolute Gasteiger partial charge is 0.297 e. The summed E-state index contributed by atoms with van der Waals surface area (Å²) in [5, 5.41) is 1.14. The van der Waals surface area contributed by atoms with E-state index in [0.717, 1.165) is 28.0 Å². The highest BCUT2D eigenvalue weighted by Gasteiger charge is 2.55. The summed E-state index contributed by atoms with van der Waals surface area (Å²) in [6.45, 7) is 45.9. The van der Waals surface area contributed by atoms with E-state index >= 15 is 0 Å². The number of para-hydroxylation sites is 1. The zero-order valence-electron chi connectivity index (χ0n) is 48.7. The number of benzene rings is 6. The van der Waals surface area contributed by atoms with Crippen LogP contribution < -0.4 is 26.4 Å². The van der Waals surface area contributed by atoms with E-state index in [1.165, 1.54) is 85.5 Å². The summed E-state index contributed by atoms with van der Waals surface area (Å²) in [6, 6.07) is 48.0. The van der Waals surface area contributed by atoms with Crippen LogP contribution in [0.25, 0.3) is 22.1 Å². The maximum Gasteiger partial charge on any atom is 0.297 e. The molecule has 4 heteroatoms. The molecule has 384 valence electrons. The van der Waals surface area contributed by atoms with Gasteiger partial charge in [0.15, 0.2) is 0 Å². The lowest BCUT2D eigenvalue weighted by molar-refractivity contribution is 0.104. The number of furan rings is 1. The van der Waals surface area contributed by atoms with Crippen molar-refractivity contribution in [1.29, 1.82) is 0 Å². The van der Waals surface area contributed by atoms with Crippen molar-refractivity contribution in [3.8, 4) is 11.1 Å². The lowest BCUT2D eigenvalue weighted by Crippen LogP contribution is -2.61. The maximum absolute atomic E-state index is 7.48. The molecule has 0 spiro atoms. The Balaban J connectivity index is 1.22. The minimum absolute atomic E-state index is 0.0421. The fraction of sp³-hybridized carbons (Fsp3) is 0.457. The van der Waals surface area contributed by atoms with Gasteiger partial charge < -0.3 is 14.2 Å². The third-order valence-corrected chi connectivity index (χ3v) is 21.3. The topological polar surface area (TPSA) is 19.6 Å². The zero-order valence-corrected chi connectivity index (χ0v) is 48.7. The minimum Gasteiger partial charge on any atom is -0.468 e. The number of fused-ring (bicyclic) bond motifs is 6. The van der Waals surface area contributed by atoms with Crippen LogP contribution in [-0.2, 0) is 16.2 Å². The van der Waals surface area contributed by atoms with Crippen LogP contribution in [0.15, 0.2) is 126 Å². The second-order valence-electron chi connectivity index (χ2n) is 29.1. The summed E-state index contributed by atoms with van der Waals surface area (Å²) in [5.74, 6) is 2.15. The fourth-order valence-electron chi connectivity index (χ4n) is 14.2. The SMILES string of the molecule is CC1CC(c2ccc(N3c4ccc(C5CC(C)C(C)(C)C5(C)C)cc4B4c5oc6ccccc6c5N(c5ccc(C(C)(C)C)cc5-c5ccc(C(C)(C)C)cc5)c5cc(C(C)(C)C)cc3c54)cc2)C(C)(C)C1(C)C. The highest BCUT2D eigenvalue weighted by atomic mass is 16.3. The van der Waals surface area contributed by atoms with E-state index in [0.29, 0.717) is 23.7 Å². The molecule has 74 heavy (non-hydrogen) atoms. The first-order valence-corrected chi connectivity index (χ1v) is 28.2. The molecule has 0 amide bonds. The Morgan fingerprint density at radius 3 is 1.55 bits per heavy atom. The second kappa shape index (κ2) is 16.5. The fourth-order valence-corrected chi connectivity index (χ4v) is 14.2. The van der Waals surface area contributed by atoms with Crippen molar-refractivity contribution in [1.82, 2.24) is 0 Å². The summed E-state index contributed by atoms with van der Waals surface area (Å²) in [4.78, 5) is 5.25. The van der Waals surface area contributed by atoms with Gasteiger partial charge in [0.1, 0.15) is 5.58 Å². The summed E-state index contributed by atoms with van der Waals surface area (Å²) in [5.41, 5.74) is 21.6. The molecule has 2 aliphatic carbocycles. The highest BCUT2D eigenvalue weighted by Crippen LogP contribution is 2.64. The maximum atomic E-state index is 7.48. The predicted octanol–water partition coefficient (Wildman–Crippen LogP) is 18.4. The van der Waals surface area contributed by atoms with Crippen LogP contribution >= 0.6 is 0 Å². The first-order valence-electron chi connectivity index (χ1n) is 28.2. The molecule has 3 heterocycles. The van der Waals surface area contributed by atoms with Crippen LogP contribution in [0.2, 0.25) is 0 Å². The Hall–Kier alpha value is -5.48. The molecule has 4 aliphatic rings. The van der Waals surface area contributed by atoms with Gasteiger partial charge in [-0.1, -0.05) is 198 Å². The van der Waals surface area contributed by atoms with Gasteiger partial charge in [-0.25, -0.2) is 0 Å². The number of nitrogens with zero attached hydrogens (tertiary/aromatic N) is 2. The van der Waals surface area contributed by atoms with E-state index in [4.69, 9.17) is 4.42 Å². The molecule has 1 aromatic heterocycles. The van der Waals surface area contributed by atoms with Crippen molar-refractivity contribution in [3.63, 3.8) is 0 Å². The third kappa shape index (κ3) is 7.47. The van der Waals surface area contributed by atoms with Gasteiger partial charge in [0.05, 0.1) is 17.0 Å². The van der Waals surface area contributed by atoms with Gasteiger partial charge in [-0.3, -0.25) is 0 Å². The van der Waals surface area contributed by atoms with Crippen LogP contribution in [0, 0.1) is 33.5 Å². The van der Waals surface area contributed by atoms with Crippen LogP contribution in [-0.4, -0.2) is 6.71 Å². The molecule has 0 bridgehead atoms. The van der Waals surface area contributed by atoms with Crippen LogP contribution in [0.4, 0.5) is 34.1 Å². The first kappa shape index (κ1) is 50.7. The lowest BCUT2D eigenvalue weighted by atomic mass is 9.35. The molecule has 2 saturated carbocycles. The largest absolute Gasteiger partial charge is 0.468 e. The minimum atomic E-state index is -0.151. The van der Waals surface area contributed by atoms with Crippen molar-refractivity contribution < 1.29 is 4.42 Å². The molecule has 0 radical (unpaired) electrons. The van der Waals surface area contributed by atoms with Gasteiger partial charge in [0.25, 0.3) is 6.71 Å². The van der Waals surface area contributed by atoms with Gasteiger partial charge in [-0.15, -0.1) is 0 Å². The Morgan fingerprint density at radius 2 is 1.00 bits per heavy atom. The van der Waals surface area contributed by atoms with Crippen molar-refractivity contribution in [2.45, 2.75) is 172 Å². The number of rotatable bonds is 5. The number of hydrogen-bond acceptors (Lipinski definition) is 3. The first-order chi connectivity index (χ1) is 34.4. The Bertz CT molecular complexity index is 3340. The molecule has 3 nitrogen and oxygen atoms in total. The summed E-state index contributed by atoms with van der Waals surface area (Å²) < 4.78 is 7.48. The van der Waals surface area contributed by atoms with Crippen LogP contribution in [0.1, 0.15) is 184 Å². The molecule has 7 aromatic rings. The molecule has 6 aromatic carbocycles. The summed E-state index contributed by atoms with van der Waals surface area (Å²) >= 11 is 0. The molecule has 11 rings (SSSR count). The van der Waals surface area contributed by atoms with Crippen molar-refractivity contribution in [3.05, 3.63) is 149 Å². The second-order valence-corrected chi connectivity index (χ2v) is 29.1. The van der Waals surface area contributed by atoms with E-state index in [9.17, 15) is 0 Å². The summed E-state index contributed by atoms with van der Waals surface area (Å²) in [6.07, 6.45) is 2.38. The molecular weight excluding hydrogens is 896 g/mol. The Kier molecular flexibility index (Phi) is 11.3. The molecule has 4 atom stereocenters. The van der Waals surface area contributed by atoms with Gasteiger partial charge in [-0.2, -0.15) is 0 Å².